The third-order valence-corrected chi connectivity index (χ3v) is 4.44. The summed E-state index contributed by atoms with van der Waals surface area (Å²) in [6, 6.07) is 0. The summed E-state index contributed by atoms with van der Waals surface area (Å²) in [5, 5.41) is 0. The van der Waals surface area contributed by atoms with E-state index in [-0.39, 0.29) is 6.29 Å². The summed E-state index contributed by atoms with van der Waals surface area (Å²) in [5.74, 6) is 1.00. The molecule has 0 atom stereocenters. The highest BCUT2D eigenvalue weighted by atomic mass is 32.2. The molecule has 2 saturated heterocycles. The number of thioether (sulfide) groups is 1. The fourth-order valence-corrected chi connectivity index (χ4v) is 3.27. The predicted molar refractivity (Wildman–Crippen MR) is 70.8 cm³/mol. The first-order valence-corrected chi connectivity index (χ1v) is 7.40. The largest absolute Gasteiger partial charge is 0.358 e. The lowest BCUT2D eigenvalue weighted by Gasteiger charge is -2.28. The first-order chi connectivity index (χ1) is 7.86. The summed E-state index contributed by atoms with van der Waals surface area (Å²) >= 11 is 7.19. The molecule has 92 valence electrons. The lowest BCUT2D eigenvalue weighted by atomic mass is 10.1. The normalized spacial score (nSPS) is 22.6. The Balaban J connectivity index is 1.59. The summed E-state index contributed by atoms with van der Waals surface area (Å²) in [6.45, 7) is 3.77. The van der Waals surface area contributed by atoms with Gasteiger partial charge in [0.2, 0.25) is 0 Å². The topological polar surface area (TPSA) is 21.7 Å². The van der Waals surface area contributed by atoms with Crippen LogP contribution in [0.5, 0.6) is 0 Å². The highest BCUT2D eigenvalue weighted by molar-refractivity contribution is 8.22. The zero-order valence-corrected chi connectivity index (χ0v) is 11.2. The van der Waals surface area contributed by atoms with Crippen LogP contribution in [0.25, 0.3) is 0 Å². The van der Waals surface area contributed by atoms with E-state index in [9.17, 15) is 0 Å². The molecule has 0 N–H and O–H groups in total. The Labute approximate surface area is 107 Å². The molecular weight excluding hydrogens is 242 g/mol. The molecular formula is C11H19NO2S2. The molecule has 0 aromatic carbocycles. The van der Waals surface area contributed by atoms with E-state index in [4.69, 9.17) is 21.7 Å². The number of rotatable bonds is 3. The van der Waals surface area contributed by atoms with Crippen molar-refractivity contribution in [2.75, 3.05) is 32.1 Å². The monoisotopic (exact) mass is 261 g/mol. The molecule has 0 radical (unpaired) electrons. The van der Waals surface area contributed by atoms with Crippen LogP contribution >= 0.6 is 24.0 Å². The third-order valence-electron chi connectivity index (χ3n) is 2.88. The number of hydrogen-bond acceptors (Lipinski definition) is 4. The molecule has 0 aromatic rings. The van der Waals surface area contributed by atoms with Gasteiger partial charge in [0.25, 0.3) is 0 Å². The van der Waals surface area contributed by atoms with Gasteiger partial charge < -0.3 is 14.4 Å². The SMILES string of the molecule is S=C(SCCC1OCCO1)N1CCCCC1. The molecule has 2 fully saturated rings. The van der Waals surface area contributed by atoms with Crippen LogP contribution in [0.4, 0.5) is 0 Å². The Morgan fingerprint density at radius 3 is 2.56 bits per heavy atom. The van der Waals surface area contributed by atoms with Crippen molar-refractivity contribution >= 4 is 28.3 Å². The van der Waals surface area contributed by atoms with Crippen LogP contribution < -0.4 is 0 Å². The van der Waals surface area contributed by atoms with Crippen molar-refractivity contribution in [2.45, 2.75) is 32.0 Å². The van der Waals surface area contributed by atoms with Crippen molar-refractivity contribution in [1.29, 1.82) is 0 Å². The Hall–Kier alpha value is 0.160. The van der Waals surface area contributed by atoms with Crippen molar-refractivity contribution in [3.8, 4) is 0 Å². The highest BCUT2D eigenvalue weighted by Gasteiger charge is 2.17. The number of piperidine rings is 1. The van der Waals surface area contributed by atoms with Gasteiger partial charge in [-0.1, -0.05) is 24.0 Å². The fourth-order valence-electron chi connectivity index (χ4n) is 1.98. The summed E-state index contributed by atoms with van der Waals surface area (Å²) in [7, 11) is 0. The third kappa shape index (κ3) is 3.87. The number of ether oxygens (including phenoxy) is 2. The molecule has 2 aliphatic rings. The second-order valence-corrected chi connectivity index (χ2v) is 5.85. The molecule has 5 heteroatoms. The molecule has 0 aromatic heterocycles. The van der Waals surface area contributed by atoms with Gasteiger partial charge >= 0.3 is 0 Å². The predicted octanol–water partition coefficient (Wildman–Crippen LogP) is 2.25. The Morgan fingerprint density at radius 1 is 1.19 bits per heavy atom. The molecule has 0 spiro atoms. The Morgan fingerprint density at radius 2 is 1.88 bits per heavy atom. The van der Waals surface area contributed by atoms with Crippen LogP contribution in [-0.4, -0.2) is 47.6 Å². The van der Waals surface area contributed by atoms with Crippen LogP contribution in [0.3, 0.4) is 0 Å². The summed E-state index contributed by atoms with van der Waals surface area (Å²) < 4.78 is 11.8. The van der Waals surface area contributed by atoms with Crippen LogP contribution in [0, 0.1) is 0 Å². The van der Waals surface area contributed by atoms with Crippen LogP contribution in [0.1, 0.15) is 25.7 Å². The van der Waals surface area contributed by atoms with Gasteiger partial charge in [0, 0.05) is 25.3 Å². The molecule has 0 unspecified atom stereocenters. The van der Waals surface area contributed by atoms with Gasteiger partial charge in [-0.3, -0.25) is 0 Å². The van der Waals surface area contributed by atoms with Gasteiger partial charge in [0.15, 0.2) is 6.29 Å². The van der Waals surface area contributed by atoms with E-state index in [0.717, 1.165) is 42.8 Å². The van der Waals surface area contributed by atoms with Crippen LogP contribution in [0.15, 0.2) is 0 Å². The maximum absolute atomic E-state index is 5.42. The number of nitrogens with zero attached hydrogens (tertiary/aromatic N) is 1. The van der Waals surface area contributed by atoms with Crippen molar-refractivity contribution in [3.05, 3.63) is 0 Å². The molecule has 2 rings (SSSR count). The van der Waals surface area contributed by atoms with E-state index < -0.39 is 0 Å². The van der Waals surface area contributed by atoms with Gasteiger partial charge in [0.1, 0.15) is 4.32 Å². The minimum atomic E-state index is 0.0108. The van der Waals surface area contributed by atoms with Crippen molar-refractivity contribution < 1.29 is 9.47 Å². The van der Waals surface area contributed by atoms with Crippen molar-refractivity contribution in [1.82, 2.24) is 4.90 Å². The molecule has 0 saturated carbocycles. The molecule has 2 heterocycles. The van der Waals surface area contributed by atoms with Crippen LogP contribution in [0.2, 0.25) is 0 Å². The van der Waals surface area contributed by atoms with E-state index in [1.807, 2.05) is 0 Å². The van der Waals surface area contributed by atoms with Gasteiger partial charge in [-0.05, 0) is 19.3 Å². The molecule has 16 heavy (non-hydrogen) atoms. The molecule has 0 amide bonds. The molecule has 0 aliphatic carbocycles. The van der Waals surface area contributed by atoms with Crippen molar-refractivity contribution in [2.24, 2.45) is 0 Å². The van der Waals surface area contributed by atoms with Gasteiger partial charge in [-0.25, -0.2) is 0 Å². The van der Waals surface area contributed by atoms with E-state index in [0.29, 0.717) is 0 Å². The Bertz CT molecular complexity index is 226. The summed E-state index contributed by atoms with van der Waals surface area (Å²) in [5.41, 5.74) is 0. The average molecular weight is 261 g/mol. The zero-order chi connectivity index (χ0) is 11.2. The number of likely N-dealkylation sites (tertiary alicyclic amines) is 1. The first-order valence-electron chi connectivity index (χ1n) is 6.01. The highest BCUT2D eigenvalue weighted by Crippen LogP contribution is 2.18. The Kier molecular flexibility index (Phi) is 5.35. The summed E-state index contributed by atoms with van der Waals surface area (Å²) in [4.78, 5) is 2.33. The molecule has 2 aliphatic heterocycles. The molecule has 3 nitrogen and oxygen atoms in total. The van der Waals surface area contributed by atoms with Crippen LogP contribution in [-0.2, 0) is 9.47 Å². The maximum atomic E-state index is 5.42. The smallest absolute Gasteiger partial charge is 0.158 e. The standard InChI is InChI=1S/C11H19NO2S2/c15-11(12-5-2-1-3-6-12)16-9-4-10-13-7-8-14-10/h10H,1-9H2. The van der Waals surface area contributed by atoms with E-state index in [1.165, 1.54) is 19.3 Å². The van der Waals surface area contributed by atoms with Gasteiger partial charge in [-0.2, -0.15) is 0 Å². The zero-order valence-electron chi connectivity index (χ0n) is 9.52. The van der Waals surface area contributed by atoms with E-state index >= 15 is 0 Å². The minimum Gasteiger partial charge on any atom is -0.358 e. The lowest BCUT2D eigenvalue weighted by molar-refractivity contribution is -0.0421. The van der Waals surface area contributed by atoms with Gasteiger partial charge in [0.05, 0.1) is 13.2 Å². The second-order valence-electron chi connectivity index (χ2n) is 4.12. The second kappa shape index (κ2) is 6.79. The van der Waals surface area contributed by atoms with Gasteiger partial charge in [-0.15, -0.1) is 0 Å². The van der Waals surface area contributed by atoms with Crippen molar-refractivity contribution in [3.63, 3.8) is 0 Å². The average Bonchev–Trinajstić information content (AvgIpc) is 2.83. The maximum Gasteiger partial charge on any atom is 0.158 e. The summed E-state index contributed by atoms with van der Waals surface area (Å²) in [6.07, 6.45) is 4.88. The molecule has 0 bridgehead atoms. The van der Waals surface area contributed by atoms with E-state index in [2.05, 4.69) is 4.90 Å². The quantitative estimate of drug-likeness (QED) is 0.725. The number of hydrogen-bond donors (Lipinski definition) is 0. The minimum absolute atomic E-state index is 0.0108. The number of thiocarbonyl (C=S) groups is 1. The lowest BCUT2D eigenvalue weighted by Crippen LogP contribution is -2.33. The fraction of sp³-hybridized carbons (Fsp3) is 0.909. The first kappa shape index (κ1) is 12.6. The van der Waals surface area contributed by atoms with E-state index in [1.54, 1.807) is 11.8 Å².